The zero-order chi connectivity index (χ0) is 20.4. The molecule has 0 spiro atoms. The standard InChI is InChI=1S/C22H24N4O3/c23-9-8-14-2-1-3-17(11-14)24-12-15-4-5-18-16(10-15)13-26(22(18)29)19-6-7-20(27)25-21(19)28/h1-5,10-11,19,24H,6-9,12-13,23H2,(H,25,27,28). The van der Waals surface area contributed by atoms with Gasteiger partial charge >= 0.3 is 0 Å². The number of anilines is 1. The van der Waals surface area contributed by atoms with Crippen molar-refractivity contribution in [3.05, 3.63) is 64.7 Å². The highest BCUT2D eigenvalue weighted by molar-refractivity contribution is 6.05. The fraction of sp³-hybridized carbons (Fsp3) is 0.318. The van der Waals surface area contributed by atoms with Gasteiger partial charge in [0.1, 0.15) is 6.04 Å². The first-order chi connectivity index (χ1) is 14.0. The lowest BCUT2D eigenvalue weighted by molar-refractivity contribution is -0.136. The summed E-state index contributed by atoms with van der Waals surface area (Å²) in [5, 5.41) is 5.74. The van der Waals surface area contributed by atoms with E-state index in [0.717, 1.165) is 23.2 Å². The number of benzene rings is 2. The molecule has 7 nitrogen and oxygen atoms in total. The quantitative estimate of drug-likeness (QED) is 0.647. The molecular formula is C22H24N4O3. The summed E-state index contributed by atoms with van der Waals surface area (Å²) in [5.41, 5.74) is 10.4. The Morgan fingerprint density at radius 1 is 1.10 bits per heavy atom. The van der Waals surface area contributed by atoms with Gasteiger partial charge in [-0.25, -0.2) is 0 Å². The van der Waals surface area contributed by atoms with Crippen molar-refractivity contribution in [3.63, 3.8) is 0 Å². The molecule has 0 radical (unpaired) electrons. The zero-order valence-corrected chi connectivity index (χ0v) is 16.1. The third-order valence-electron chi connectivity index (χ3n) is 5.44. The van der Waals surface area contributed by atoms with E-state index in [9.17, 15) is 14.4 Å². The lowest BCUT2D eigenvalue weighted by Gasteiger charge is -2.29. The molecule has 150 valence electrons. The number of rotatable bonds is 6. The Kier molecular flexibility index (Phi) is 5.31. The van der Waals surface area contributed by atoms with E-state index in [-0.39, 0.29) is 24.1 Å². The van der Waals surface area contributed by atoms with Crippen LogP contribution in [-0.2, 0) is 29.1 Å². The molecule has 0 aliphatic carbocycles. The number of nitrogens with one attached hydrogen (secondary N) is 2. The monoisotopic (exact) mass is 392 g/mol. The average Bonchev–Trinajstić information content (AvgIpc) is 3.03. The molecule has 2 aliphatic heterocycles. The van der Waals surface area contributed by atoms with Crippen LogP contribution in [0.15, 0.2) is 42.5 Å². The normalized spacial score (nSPS) is 18.6. The molecule has 2 aliphatic rings. The Morgan fingerprint density at radius 3 is 2.76 bits per heavy atom. The van der Waals surface area contributed by atoms with E-state index in [2.05, 4.69) is 22.8 Å². The van der Waals surface area contributed by atoms with Crippen LogP contribution >= 0.6 is 0 Å². The summed E-state index contributed by atoms with van der Waals surface area (Å²) in [5.74, 6) is -0.815. The molecule has 4 rings (SSSR count). The Hall–Kier alpha value is -3.19. The van der Waals surface area contributed by atoms with Gasteiger partial charge in [-0.15, -0.1) is 0 Å². The summed E-state index contributed by atoms with van der Waals surface area (Å²) in [7, 11) is 0. The van der Waals surface area contributed by atoms with Crippen molar-refractivity contribution in [2.24, 2.45) is 5.73 Å². The van der Waals surface area contributed by atoms with Crippen molar-refractivity contribution in [3.8, 4) is 0 Å². The Balaban J connectivity index is 1.44. The van der Waals surface area contributed by atoms with Gasteiger partial charge in [0.2, 0.25) is 11.8 Å². The predicted molar refractivity (Wildman–Crippen MR) is 109 cm³/mol. The number of imide groups is 1. The molecule has 0 bridgehead atoms. The fourth-order valence-electron chi connectivity index (χ4n) is 3.95. The SMILES string of the molecule is NCCc1cccc(NCc2ccc3c(c2)CN(C2CCC(=O)NC2=O)C3=O)c1. The van der Waals surface area contributed by atoms with Gasteiger partial charge in [-0.1, -0.05) is 24.3 Å². The first-order valence-corrected chi connectivity index (χ1v) is 9.84. The van der Waals surface area contributed by atoms with Gasteiger partial charge < -0.3 is 16.0 Å². The van der Waals surface area contributed by atoms with E-state index in [1.54, 1.807) is 4.90 Å². The van der Waals surface area contributed by atoms with Gasteiger partial charge in [0.15, 0.2) is 0 Å². The summed E-state index contributed by atoms with van der Waals surface area (Å²) in [6, 6.07) is 13.4. The average molecular weight is 392 g/mol. The molecule has 0 saturated carbocycles. The summed E-state index contributed by atoms with van der Waals surface area (Å²) in [6.07, 6.45) is 1.47. The topological polar surface area (TPSA) is 105 Å². The third-order valence-corrected chi connectivity index (χ3v) is 5.44. The second-order valence-corrected chi connectivity index (χ2v) is 7.48. The summed E-state index contributed by atoms with van der Waals surface area (Å²) < 4.78 is 0. The van der Waals surface area contributed by atoms with Crippen LogP contribution in [0.5, 0.6) is 0 Å². The van der Waals surface area contributed by atoms with Crippen molar-refractivity contribution in [2.45, 2.75) is 38.4 Å². The minimum absolute atomic E-state index is 0.150. The van der Waals surface area contributed by atoms with Crippen molar-refractivity contribution in [1.82, 2.24) is 10.2 Å². The summed E-state index contributed by atoms with van der Waals surface area (Å²) in [6.45, 7) is 1.64. The zero-order valence-electron chi connectivity index (χ0n) is 16.1. The van der Waals surface area contributed by atoms with Crippen LogP contribution in [0.2, 0.25) is 0 Å². The second kappa shape index (κ2) is 8.05. The van der Waals surface area contributed by atoms with Gasteiger partial charge in [0.25, 0.3) is 5.91 Å². The lowest BCUT2D eigenvalue weighted by atomic mass is 10.0. The number of piperidine rings is 1. The van der Waals surface area contributed by atoms with Crippen molar-refractivity contribution >= 4 is 23.4 Å². The Bertz CT molecular complexity index is 972. The van der Waals surface area contributed by atoms with Gasteiger partial charge in [0.05, 0.1) is 0 Å². The van der Waals surface area contributed by atoms with Crippen LogP contribution < -0.4 is 16.4 Å². The van der Waals surface area contributed by atoms with Gasteiger partial charge in [-0.05, 0) is 54.3 Å². The van der Waals surface area contributed by atoms with E-state index < -0.39 is 6.04 Å². The number of amides is 3. The minimum atomic E-state index is -0.584. The largest absolute Gasteiger partial charge is 0.381 e. The summed E-state index contributed by atoms with van der Waals surface area (Å²) >= 11 is 0. The van der Waals surface area contributed by atoms with Crippen LogP contribution in [0, 0.1) is 0 Å². The maximum Gasteiger partial charge on any atom is 0.255 e. The van der Waals surface area contributed by atoms with Crippen molar-refractivity contribution in [2.75, 3.05) is 11.9 Å². The number of carbonyl (C=O) groups is 3. The smallest absolute Gasteiger partial charge is 0.255 e. The Labute approximate surface area is 169 Å². The van der Waals surface area contributed by atoms with Crippen LogP contribution in [0.3, 0.4) is 0 Å². The number of fused-ring (bicyclic) bond motifs is 1. The molecule has 3 amide bonds. The van der Waals surface area contributed by atoms with Crippen LogP contribution in [0.25, 0.3) is 0 Å². The fourth-order valence-corrected chi connectivity index (χ4v) is 3.95. The second-order valence-electron chi connectivity index (χ2n) is 7.48. The van der Waals surface area contributed by atoms with Gasteiger partial charge in [0, 0.05) is 30.8 Å². The molecular weight excluding hydrogens is 368 g/mol. The molecule has 2 heterocycles. The molecule has 1 saturated heterocycles. The number of carbonyl (C=O) groups excluding carboxylic acids is 3. The maximum atomic E-state index is 12.7. The highest BCUT2D eigenvalue weighted by atomic mass is 16.2. The molecule has 2 aromatic rings. The van der Waals surface area contributed by atoms with Gasteiger partial charge in [-0.2, -0.15) is 0 Å². The van der Waals surface area contributed by atoms with Crippen LogP contribution in [-0.4, -0.2) is 35.2 Å². The molecule has 1 atom stereocenters. The maximum absolute atomic E-state index is 12.7. The number of hydrogen-bond acceptors (Lipinski definition) is 5. The molecule has 2 aromatic carbocycles. The molecule has 7 heteroatoms. The van der Waals surface area contributed by atoms with Crippen molar-refractivity contribution < 1.29 is 14.4 Å². The summed E-state index contributed by atoms with van der Waals surface area (Å²) in [4.78, 5) is 37.8. The molecule has 1 fully saturated rings. The van der Waals surface area contributed by atoms with Crippen LogP contribution in [0.1, 0.15) is 39.9 Å². The minimum Gasteiger partial charge on any atom is -0.381 e. The van der Waals surface area contributed by atoms with E-state index in [1.165, 1.54) is 5.56 Å². The van der Waals surface area contributed by atoms with E-state index in [1.807, 2.05) is 30.3 Å². The highest BCUT2D eigenvalue weighted by Crippen LogP contribution is 2.28. The molecule has 1 unspecified atom stereocenters. The number of nitrogens with two attached hydrogens (primary N) is 1. The Morgan fingerprint density at radius 2 is 1.97 bits per heavy atom. The van der Waals surface area contributed by atoms with E-state index >= 15 is 0 Å². The first-order valence-electron chi connectivity index (χ1n) is 9.84. The highest BCUT2D eigenvalue weighted by Gasteiger charge is 2.38. The third kappa shape index (κ3) is 4.00. The molecule has 0 aromatic heterocycles. The molecule has 4 N–H and O–H groups in total. The number of nitrogens with zero attached hydrogens (tertiary/aromatic N) is 1. The first kappa shape index (κ1) is 19.1. The molecule has 29 heavy (non-hydrogen) atoms. The van der Waals surface area contributed by atoms with Crippen molar-refractivity contribution in [1.29, 1.82) is 0 Å². The van der Waals surface area contributed by atoms with Gasteiger partial charge in [-0.3, -0.25) is 19.7 Å². The number of hydrogen-bond donors (Lipinski definition) is 3. The van der Waals surface area contributed by atoms with Crippen LogP contribution in [0.4, 0.5) is 5.69 Å². The van der Waals surface area contributed by atoms with E-state index in [0.29, 0.717) is 31.6 Å². The lowest BCUT2D eigenvalue weighted by Crippen LogP contribution is -2.52. The predicted octanol–water partition coefficient (Wildman–Crippen LogP) is 1.56. The van der Waals surface area contributed by atoms with E-state index in [4.69, 9.17) is 5.73 Å².